The van der Waals surface area contributed by atoms with Crippen LogP contribution in [0.1, 0.15) is 155 Å². The maximum absolute atomic E-state index is 3.88. The molecule has 0 aromatic carbocycles. The fourth-order valence-corrected chi connectivity index (χ4v) is 4.71. The van der Waals surface area contributed by atoms with E-state index in [4.69, 9.17) is 0 Å². The fraction of sp³-hybridized carbons (Fsp3) is 0.714. The summed E-state index contributed by atoms with van der Waals surface area (Å²) in [4.78, 5) is 0. The van der Waals surface area contributed by atoms with Crippen molar-refractivity contribution in [2.75, 3.05) is 0 Å². The van der Waals surface area contributed by atoms with Gasteiger partial charge >= 0.3 is 0 Å². The molecule has 0 bridgehead atoms. The summed E-state index contributed by atoms with van der Waals surface area (Å²) in [6.07, 6.45) is 44.0. The molecule has 0 radical (unpaired) electrons. The van der Waals surface area contributed by atoms with Gasteiger partial charge in [-0.3, -0.25) is 0 Å². The zero-order valence-corrected chi connectivity index (χ0v) is 23.9. The molecular formula is C35H62. The molecule has 0 nitrogen and oxygen atoms in total. The zero-order chi connectivity index (χ0) is 25.7. The number of allylic oxidation sites excluding steroid dienone is 7. The van der Waals surface area contributed by atoms with Gasteiger partial charge in [-0.15, -0.1) is 19.7 Å². The first kappa shape index (κ1) is 33.7. The molecule has 0 aliphatic rings. The summed E-state index contributed by atoms with van der Waals surface area (Å²) in [7, 11) is 0. The summed E-state index contributed by atoms with van der Waals surface area (Å²) in [5.74, 6) is 0.830. The third-order valence-electron chi connectivity index (χ3n) is 7.13. The highest BCUT2D eigenvalue weighted by Crippen LogP contribution is 2.21. The summed E-state index contributed by atoms with van der Waals surface area (Å²) in [5.41, 5.74) is 1.69. The van der Waals surface area contributed by atoms with Crippen molar-refractivity contribution < 1.29 is 0 Å². The number of hydrogen-bond acceptors (Lipinski definition) is 0. The minimum Gasteiger partial charge on any atom is -0.103 e. The van der Waals surface area contributed by atoms with Crippen LogP contribution in [0.4, 0.5) is 0 Å². The Morgan fingerprint density at radius 3 is 1.51 bits per heavy atom. The average Bonchev–Trinajstić information content (AvgIpc) is 2.86. The van der Waals surface area contributed by atoms with Gasteiger partial charge in [0.2, 0.25) is 0 Å². The fourth-order valence-electron chi connectivity index (χ4n) is 4.71. The molecule has 0 amide bonds. The Bertz CT molecular complexity index is 520. The van der Waals surface area contributed by atoms with Crippen molar-refractivity contribution in [1.82, 2.24) is 0 Å². The highest BCUT2D eigenvalue weighted by atomic mass is 14.1. The Balaban J connectivity index is 3.66. The second kappa shape index (κ2) is 28.9. The van der Waals surface area contributed by atoms with Crippen molar-refractivity contribution in [3.8, 4) is 0 Å². The van der Waals surface area contributed by atoms with E-state index < -0.39 is 0 Å². The van der Waals surface area contributed by atoms with Crippen LogP contribution in [0.3, 0.4) is 0 Å². The molecule has 0 saturated carbocycles. The van der Waals surface area contributed by atoms with Crippen molar-refractivity contribution >= 4 is 0 Å². The molecule has 0 aromatic heterocycles. The van der Waals surface area contributed by atoms with E-state index in [1.54, 1.807) is 5.57 Å². The molecule has 0 aliphatic heterocycles. The van der Waals surface area contributed by atoms with Gasteiger partial charge in [0.25, 0.3) is 0 Å². The average molecular weight is 483 g/mol. The van der Waals surface area contributed by atoms with Crippen molar-refractivity contribution in [2.45, 2.75) is 155 Å². The van der Waals surface area contributed by atoms with Crippen LogP contribution in [0.15, 0.2) is 61.8 Å². The summed E-state index contributed by atoms with van der Waals surface area (Å²) in [6.45, 7) is 14.0. The predicted molar refractivity (Wildman–Crippen MR) is 163 cm³/mol. The highest BCUT2D eigenvalue weighted by molar-refractivity contribution is 5.03. The molecule has 0 rings (SSSR count). The smallest absolute Gasteiger partial charge is 0.0317 e. The number of hydrogen-bond donors (Lipinski definition) is 0. The minimum atomic E-state index is 0.830. The molecule has 35 heavy (non-hydrogen) atoms. The van der Waals surface area contributed by atoms with Crippen LogP contribution < -0.4 is 0 Å². The van der Waals surface area contributed by atoms with E-state index in [0.717, 1.165) is 18.8 Å². The van der Waals surface area contributed by atoms with E-state index in [1.165, 1.54) is 135 Å². The van der Waals surface area contributed by atoms with Crippen LogP contribution in [0.2, 0.25) is 0 Å². The quantitative estimate of drug-likeness (QED) is 0.0768. The topological polar surface area (TPSA) is 0 Å². The molecule has 202 valence electrons. The van der Waals surface area contributed by atoms with Crippen molar-refractivity contribution in [3.05, 3.63) is 61.8 Å². The summed E-state index contributed by atoms with van der Waals surface area (Å²) >= 11 is 0. The lowest BCUT2D eigenvalue weighted by Crippen LogP contribution is -1.95. The molecule has 0 saturated heterocycles. The van der Waals surface area contributed by atoms with Crippen LogP contribution in [0.25, 0.3) is 0 Å². The minimum absolute atomic E-state index is 0.830. The zero-order valence-electron chi connectivity index (χ0n) is 23.9. The maximum atomic E-state index is 3.88. The van der Waals surface area contributed by atoms with E-state index in [9.17, 15) is 0 Å². The van der Waals surface area contributed by atoms with Crippen molar-refractivity contribution in [3.63, 3.8) is 0 Å². The van der Waals surface area contributed by atoms with Gasteiger partial charge in [0, 0.05) is 0 Å². The lowest BCUT2D eigenvalue weighted by molar-refractivity contribution is 0.483. The highest BCUT2D eigenvalue weighted by Gasteiger charge is 2.03. The van der Waals surface area contributed by atoms with Crippen molar-refractivity contribution in [1.29, 1.82) is 0 Å². The Hall–Kier alpha value is -1.30. The van der Waals surface area contributed by atoms with Crippen LogP contribution in [0.5, 0.6) is 0 Å². The summed E-state index contributed by atoms with van der Waals surface area (Å²) in [5, 5.41) is 0. The standard InChI is InChI=1S/C35H62/c1-5-8-11-13-14-15-16-17-18-19-20-21-22-23-24-25-27-29-34(4)32-33-35(30-26-10-7-3)31-28-12-9-6-2/h5-7,17-18,33-34H,1-3,8-16,19-32H2,4H3. The van der Waals surface area contributed by atoms with E-state index >= 15 is 0 Å². The van der Waals surface area contributed by atoms with Gasteiger partial charge in [-0.2, -0.15) is 0 Å². The Morgan fingerprint density at radius 2 is 0.943 bits per heavy atom. The van der Waals surface area contributed by atoms with Gasteiger partial charge in [-0.1, -0.05) is 107 Å². The Kier molecular flexibility index (Phi) is 27.9. The van der Waals surface area contributed by atoms with Gasteiger partial charge in [0.15, 0.2) is 0 Å². The molecule has 0 fully saturated rings. The molecule has 0 aromatic rings. The van der Waals surface area contributed by atoms with E-state index in [-0.39, 0.29) is 0 Å². The Labute approximate surface area is 222 Å². The van der Waals surface area contributed by atoms with Crippen molar-refractivity contribution in [2.24, 2.45) is 5.92 Å². The van der Waals surface area contributed by atoms with Crippen LogP contribution in [0, 0.1) is 5.92 Å². The second-order valence-corrected chi connectivity index (χ2v) is 10.7. The molecule has 0 aliphatic carbocycles. The van der Waals surface area contributed by atoms with Gasteiger partial charge in [-0.05, 0) is 95.8 Å². The van der Waals surface area contributed by atoms with E-state index in [1.807, 2.05) is 6.08 Å². The lowest BCUT2D eigenvalue weighted by Gasteiger charge is -2.12. The van der Waals surface area contributed by atoms with Gasteiger partial charge in [0.1, 0.15) is 0 Å². The molecule has 0 heterocycles. The second-order valence-electron chi connectivity index (χ2n) is 10.7. The summed E-state index contributed by atoms with van der Waals surface area (Å²) in [6, 6.07) is 0. The first-order valence-electron chi connectivity index (χ1n) is 15.4. The molecule has 0 spiro atoms. The first-order chi connectivity index (χ1) is 17.2. The van der Waals surface area contributed by atoms with Gasteiger partial charge in [-0.25, -0.2) is 0 Å². The number of unbranched alkanes of at least 4 members (excludes halogenated alkanes) is 15. The lowest BCUT2D eigenvalue weighted by atomic mass is 9.95. The van der Waals surface area contributed by atoms with Crippen LogP contribution >= 0.6 is 0 Å². The maximum Gasteiger partial charge on any atom is -0.0317 e. The van der Waals surface area contributed by atoms with E-state index in [0.29, 0.717) is 0 Å². The normalized spacial score (nSPS) is 12.8. The number of rotatable bonds is 28. The largest absolute Gasteiger partial charge is 0.103 e. The van der Waals surface area contributed by atoms with Crippen LogP contribution in [-0.4, -0.2) is 0 Å². The summed E-state index contributed by atoms with van der Waals surface area (Å²) < 4.78 is 0. The molecule has 0 heteroatoms. The predicted octanol–water partition coefficient (Wildman–Crippen LogP) is 12.6. The molecule has 1 atom stereocenters. The molecular weight excluding hydrogens is 420 g/mol. The SMILES string of the molecule is C=CCCCCCCC=CCCCCCCCCCC(C)CC=C(CCCC=C)CCCCC=C. The third kappa shape index (κ3) is 27.1. The Morgan fingerprint density at radius 1 is 0.514 bits per heavy atom. The third-order valence-corrected chi connectivity index (χ3v) is 7.13. The first-order valence-corrected chi connectivity index (χ1v) is 15.4. The van der Waals surface area contributed by atoms with E-state index in [2.05, 4.69) is 57.0 Å². The van der Waals surface area contributed by atoms with Crippen LogP contribution in [-0.2, 0) is 0 Å². The van der Waals surface area contributed by atoms with Gasteiger partial charge < -0.3 is 0 Å². The molecule has 0 N–H and O–H groups in total. The van der Waals surface area contributed by atoms with Gasteiger partial charge in [0.05, 0.1) is 0 Å². The monoisotopic (exact) mass is 482 g/mol. The molecule has 1 unspecified atom stereocenters.